The van der Waals surface area contributed by atoms with Crippen LogP contribution in [-0.4, -0.2) is 59.6 Å². The Morgan fingerprint density at radius 3 is 2.61 bits per heavy atom. The van der Waals surface area contributed by atoms with Gasteiger partial charge >= 0.3 is 7.82 Å². The van der Waals surface area contributed by atoms with Gasteiger partial charge in [-0.1, -0.05) is 0 Å². The number of hydrogen-bond acceptors (Lipinski definition) is 9. The molecule has 130 valence electrons. The lowest BCUT2D eigenvalue weighted by molar-refractivity contribution is -0.0523. The summed E-state index contributed by atoms with van der Waals surface area (Å²) in [6, 6.07) is 0. The van der Waals surface area contributed by atoms with Gasteiger partial charge in [-0.25, -0.2) is 4.57 Å². The van der Waals surface area contributed by atoms with Gasteiger partial charge in [-0.2, -0.15) is 4.98 Å². The van der Waals surface area contributed by atoms with Crippen LogP contribution in [0.3, 0.4) is 0 Å². The van der Waals surface area contributed by atoms with E-state index in [4.69, 9.17) is 25.4 Å². The number of nitrogens with zero attached hydrogens (tertiary/aromatic N) is 2. The summed E-state index contributed by atoms with van der Waals surface area (Å²) in [7, 11) is -4.95. The molecular weight excluding hydrogens is 337 g/mol. The van der Waals surface area contributed by atoms with Crippen LogP contribution in [0.25, 0.3) is 0 Å². The van der Waals surface area contributed by atoms with Crippen molar-refractivity contribution in [2.24, 2.45) is 0 Å². The SMILES string of the molecule is Nc1nc(=O)c(CO)cn1[C@@H]1O[C@H](CO)[C@@H](OP(=O)(O)O)[C@H]1O. The molecule has 0 aliphatic carbocycles. The van der Waals surface area contributed by atoms with Crippen molar-refractivity contribution in [3.05, 3.63) is 22.1 Å². The zero-order valence-corrected chi connectivity index (χ0v) is 12.5. The van der Waals surface area contributed by atoms with E-state index in [-0.39, 0.29) is 11.5 Å². The van der Waals surface area contributed by atoms with Crippen molar-refractivity contribution in [1.82, 2.24) is 9.55 Å². The molecule has 0 unspecified atom stereocenters. The molecule has 7 N–H and O–H groups in total. The number of phosphoric acid groups is 1. The van der Waals surface area contributed by atoms with E-state index < -0.39 is 51.1 Å². The van der Waals surface area contributed by atoms with E-state index in [0.717, 1.165) is 10.8 Å². The molecule has 1 aromatic heterocycles. The number of hydrogen-bond donors (Lipinski definition) is 6. The predicted octanol–water partition coefficient (Wildman–Crippen LogP) is -2.95. The number of aromatic nitrogens is 2. The molecule has 13 heteroatoms. The van der Waals surface area contributed by atoms with Gasteiger partial charge in [0.25, 0.3) is 5.56 Å². The van der Waals surface area contributed by atoms with Gasteiger partial charge in [0.15, 0.2) is 6.23 Å². The Kier molecular flexibility index (Phi) is 5.18. The Bertz CT molecular complexity index is 674. The predicted molar refractivity (Wildman–Crippen MR) is 72.8 cm³/mol. The third-order valence-electron chi connectivity index (χ3n) is 3.24. The molecule has 1 aliphatic heterocycles. The first kappa shape index (κ1) is 18.0. The van der Waals surface area contributed by atoms with Crippen molar-refractivity contribution in [1.29, 1.82) is 0 Å². The Morgan fingerprint density at radius 1 is 1.43 bits per heavy atom. The average Bonchev–Trinajstić information content (AvgIpc) is 2.74. The van der Waals surface area contributed by atoms with Crippen molar-refractivity contribution in [2.75, 3.05) is 12.3 Å². The van der Waals surface area contributed by atoms with Crippen LogP contribution >= 0.6 is 7.82 Å². The fraction of sp³-hybridized carbons (Fsp3) is 0.600. The highest BCUT2D eigenvalue weighted by Crippen LogP contribution is 2.43. The fourth-order valence-electron chi connectivity index (χ4n) is 2.22. The molecule has 0 spiro atoms. The van der Waals surface area contributed by atoms with Crippen LogP contribution in [0.2, 0.25) is 0 Å². The monoisotopic (exact) mass is 353 g/mol. The van der Waals surface area contributed by atoms with Crippen molar-refractivity contribution < 1.29 is 38.9 Å². The zero-order valence-electron chi connectivity index (χ0n) is 11.6. The quantitative estimate of drug-likeness (QED) is 0.296. The van der Waals surface area contributed by atoms with Crippen LogP contribution in [-0.2, 0) is 20.4 Å². The molecule has 23 heavy (non-hydrogen) atoms. The minimum atomic E-state index is -4.95. The summed E-state index contributed by atoms with van der Waals surface area (Å²) >= 11 is 0. The van der Waals surface area contributed by atoms with E-state index in [1.807, 2.05) is 0 Å². The first-order chi connectivity index (χ1) is 10.7. The van der Waals surface area contributed by atoms with Crippen LogP contribution < -0.4 is 11.3 Å². The first-order valence-corrected chi connectivity index (χ1v) is 7.87. The van der Waals surface area contributed by atoms with Crippen molar-refractivity contribution in [3.63, 3.8) is 0 Å². The number of ether oxygens (including phenoxy) is 1. The van der Waals surface area contributed by atoms with E-state index in [1.54, 1.807) is 0 Å². The van der Waals surface area contributed by atoms with Crippen molar-refractivity contribution in [3.8, 4) is 0 Å². The number of rotatable bonds is 5. The minimum Gasteiger partial charge on any atom is -0.394 e. The molecule has 4 atom stereocenters. The topological polar surface area (TPSA) is 198 Å². The lowest BCUT2D eigenvalue weighted by Gasteiger charge is -2.21. The van der Waals surface area contributed by atoms with E-state index in [0.29, 0.717) is 0 Å². The van der Waals surface area contributed by atoms with Gasteiger partial charge in [-0.3, -0.25) is 13.9 Å². The highest BCUT2D eigenvalue weighted by atomic mass is 31.2. The zero-order chi connectivity index (χ0) is 17.4. The normalized spacial score (nSPS) is 28.2. The molecule has 1 aromatic rings. The van der Waals surface area contributed by atoms with Crippen LogP contribution in [0.15, 0.2) is 11.0 Å². The molecule has 0 saturated carbocycles. The molecule has 1 aliphatic rings. The average molecular weight is 353 g/mol. The Balaban J connectivity index is 2.38. The summed E-state index contributed by atoms with van der Waals surface area (Å²) in [5, 5.41) is 28.5. The molecule has 1 saturated heterocycles. The maximum absolute atomic E-state index is 11.5. The maximum Gasteiger partial charge on any atom is 0.470 e. The van der Waals surface area contributed by atoms with E-state index in [1.165, 1.54) is 0 Å². The van der Waals surface area contributed by atoms with Crippen LogP contribution in [0.4, 0.5) is 5.95 Å². The standard InChI is InChI=1S/C10H16N3O9P/c11-10-12-8(17)4(2-14)1-13(10)9-6(16)7(5(3-15)21-9)22-23(18,19)20/h1,5-7,9,14-16H,2-3H2,(H2,11,12,17)(H2,18,19,20)/t5-,6-,7-,9-/m1/s1. The van der Waals surface area contributed by atoms with Gasteiger partial charge in [0.2, 0.25) is 5.95 Å². The molecule has 1 fully saturated rings. The molecule has 0 aromatic carbocycles. The van der Waals surface area contributed by atoms with Gasteiger partial charge < -0.3 is 35.6 Å². The number of aliphatic hydroxyl groups excluding tert-OH is 3. The fourth-order valence-corrected chi connectivity index (χ4v) is 2.80. The Hall–Kier alpha value is -1.37. The second-order valence-corrected chi connectivity index (χ2v) is 5.99. The molecular formula is C10H16N3O9P. The third kappa shape index (κ3) is 3.76. The summed E-state index contributed by atoms with van der Waals surface area (Å²) in [6.45, 7) is -1.33. The highest BCUT2D eigenvalue weighted by molar-refractivity contribution is 7.46. The van der Waals surface area contributed by atoms with Crippen LogP contribution in [0, 0.1) is 0 Å². The second kappa shape index (κ2) is 6.63. The van der Waals surface area contributed by atoms with Crippen molar-refractivity contribution in [2.45, 2.75) is 31.1 Å². The van der Waals surface area contributed by atoms with E-state index in [9.17, 15) is 19.6 Å². The largest absolute Gasteiger partial charge is 0.470 e. The number of anilines is 1. The van der Waals surface area contributed by atoms with Crippen molar-refractivity contribution >= 4 is 13.8 Å². The lowest BCUT2D eigenvalue weighted by Crippen LogP contribution is -2.36. The molecule has 0 radical (unpaired) electrons. The van der Waals surface area contributed by atoms with E-state index >= 15 is 0 Å². The van der Waals surface area contributed by atoms with Gasteiger partial charge in [0.05, 0.1) is 18.8 Å². The summed E-state index contributed by atoms with van der Waals surface area (Å²) < 4.78 is 21.7. The minimum absolute atomic E-state index is 0.130. The smallest absolute Gasteiger partial charge is 0.394 e. The first-order valence-electron chi connectivity index (χ1n) is 6.34. The number of phosphoric ester groups is 1. The molecule has 2 rings (SSSR count). The third-order valence-corrected chi connectivity index (χ3v) is 3.76. The molecule has 0 amide bonds. The highest BCUT2D eigenvalue weighted by Gasteiger charge is 2.48. The number of nitrogen functional groups attached to an aromatic ring is 1. The number of aliphatic hydroxyl groups is 3. The Morgan fingerprint density at radius 2 is 2.09 bits per heavy atom. The molecule has 12 nitrogen and oxygen atoms in total. The second-order valence-electron chi connectivity index (χ2n) is 4.79. The van der Waals surface area contributed by atoms with Gasteiger partial charge in [-0.15, -0.1) is 0 Å². The number of nitrogens with two attached hydrogens (primary N) is 1. The lowest BCUT2D eigenvalue weighted by atomic mass is 10.1. The summed E-state index contributed by atoms with van der Waals surface area (Å²) in [4.78, 5) is 32.6. The van der Waals surface area contributed by atoms with Crippen LogP contribution in [0.1, 0.15) is 11.8 Å². The van der Waals surface area contributed by atoms with Gasteiger partial charge in [0.1, 0.15) is 18.3 Å². The summed E-state index contributed by atoms with van der Waals surface area (Å²) in [6.07, 6.45) is -4.66. The summed E-state index contributed by atoms with van der Waals surface area (Å²) in [5.74, 6) is -0.357. The molecule has 2 heterocycles. The van der Waals surface area contributed by atoms with E-state index in [2.05, 4.69) is 9.51 Å². The van der Waals surface area contributed by atoms with Gasteiger partial charge in [-0.05, 0) is 0 Å². The summed E-state index contributed by atoms with van der Waals surface area (Å²) in [5.41, 5.74) is 4.67. The Labute approximate surface area is 129 Å². The molecule has 0 bridgehead atoms. The van der Waals surface area contributed by atoms with Crippen LogP contribution in [0.5, 0.6) is 0 Å². The van der Waals surface area contributed by atoms with Gasteiger partial charge in [0, 0.05) is 6.20 Å². The maximum atomic E-state index is 11.5.